The molecule has 5 nitrogen and oxygen atoms in total. The molecule has 0 fully saturated rings. The molecule has 0 aliphatic carbocycles. The lowest BCUT2D eigenvalue weighted by Gasteiger charge is -2.05. The fraction of sp³-hybridized carbons (Fsp3) is 0.0714. The molecule has 10 heteroatoms. The highest BCUT2D eigenvalue weighted by Gasteiger charge is 2.25. The quantitative estimate of drug-likeness (QED) is 0.182. The van der Waals surface area contributed by atoms with Crippen LogP contribution in [0.5, 0.6) is 0 Å². The van der Waals surface area contributed by atoms with Crippen LogP contribution in [-0.4, -0.2) is 4.92 Å². The number of thioether (sulfide) groups is 1. The minimum atomic E-state index is -0.730. The smallest absolute Gasteiger partial charge is 0.336 e. The van der Waals surface area contributed by atoms with Crippen LogP contribution in [0.25, 0.3) is 11.0 Å². The van der Waals surface area contributed by atoms with E-state index in [9.17, 15) is 14.9 Å². The van der Waals surface area contributed by atoms with Gasteiger partial charge >= 0.3 is 11.3 Å². The lowest BCUT2D eigenvalue weighted by molar-refractivity contribution is -0.419. The molecule has 24 heavy (non-hydrogen) atoms. The van der Waals surface area contributed by atoms with E-state index in [1.807, 2.05) is 0 Å². The number of halogens is 4. The van der Waals surface area contributed by atoms with E-state index in [1.165, 1.54) is 6.07 Å². The third kappa shape index (κ3) is 4.34. The fourth-order valence-corrected chi connectivity index (χ4v) is 3.61. The first-order chi connectivity index (χ1) is 11.2. The fourth-order valence-electron chi connectivity index (χ4n) is 1.85. The summed E-state index contributed by atoms with van der Waals surface area (Å²) in [5, 5.41) is 11.6. The molecule has 1 aromatic heterocycles. The number of hydrogen-bond donors (Lipinski definition) is 0. The Kier molecular flexibility index (Phi) is 6.39. The zero-order valence-electron chi connectivity index (χ0n) is 11.8. The van der Waals surface area contributed by atoms with Crippen molar-refractivity contribution in [2.45, 2.75) is 11.8 Å². The maximum Gasteiger partial charge on any atom is 0.336 e. The van der Waals surface area contributed by atoms with Crippen LogP contribution < -0.4 is 5.63 Å². The molecule has 2 rings (SSSR count). The highest BCUT2D eigenvalue weighted by atomic mass is 79.9. The molecule has 0 atom stereocenters. The molecule has 0 bridgehead atoms. The Bertz CT molecular complexity index is 951. The van der Waals surface area contributed by atoms with Gasteiger partial charge in [-0.3, -0.25) is 10.1 Å². The Morgan fingerprint density at radius 1 is 1.29 bits per heavy atom. The topological polar surface area (TPSA) is 73.3 Å². The van der Waals surface area contributed by atoms with E-state index in [0.29, 0.717) is 10.5 Å². The van der Waals surface area contributed by atoms with Crippen molar-refractivity contribution in [2.75, 3.05) is 0 Å². The molecule has 1 aromatic carbocycles. The summed E-state index contributed by atoms with van der Waals surface area (Å²) in [5.74, 6) is 0. The molecule has 1 heterocycles. The molecular formula is C14H7BrCl3NO4S. The van der Waals surface area contributed by atoms with Crippen LogP contribution in [0.2, 0.25) is 0 Å². The van der Waals surface area contributed by atoms with Crippen molar-refractivity contribution in [3.63, 3.8) is 0 Å². The van der Waals surface area contributed by atoms with Crippen LogP contribution >= 0.6 is 62.5 Å². The predicted octanol–water partition coefficient (Wildman–Crippen LogP) is 5.92. The van der Waals surface area contributed by atoms with Crippen LogP contribution in [0, 0.1) is 17.0 Å². The first-order valence-electron chi connectivity index (χ1n) is 6.18. The Labute approximate surface area is 163 Å². The summed E-state index contributed by atoms with van der Waals surface area (Å²) in [6.45, 7) is 1.78. The number of allylic oxidation sites excluding steroid dienone is 1. The van der Waals surface area contributed by atoms with Gasteiger partial charge < -0.3 is 4.42 Å². The van der Waals surface area contributed by atoms with Gasteiger partial charge in [0.15, 0.2) is 4.36 Å². The molecule has 0 radical (unpaired) electrons. The lowest BCUT2D eigenvalue weighted by atomic mass is 10.1. The number of benzene rings is 1. The van der Waals surface area contributed by atoms with E-state index in [2.05, 4.69) is 15.9 Å². The summed E-state index contributed by atoms with van der Waals surface area (Å²) in [4.78, 5) is 22.4. The molecule has 0 spiro atoms. The average Bonchev–Trinajstić information content (AvgIpc) is 2.45. The summed E-state index contributed by atoms with van der Waals surface area (Å²) in [7, 11) is 0. The number of fused-ring (bicyclic) bond motifs is 1. The number of rotatable bonds is 4. The normalized spacial score (nSPS) is 13.5. The Hall–Kier alpha value is -0.990. The van der Waals surface area contributed by atoms with Gasteiger partial charge in [-0.15, -0.1) is 0 Å². The van der Waals surface area contributed by atoms with Gasteiger partial charge in [-0.05, 0) is 46.6 Å². The van der Waals surface area contributed by atoms with Gasteiger partial charge in [0.1, 0.15) is 14.6 Å². The summed E-state index contributed by atoms with van der Waals surface area (Å²) < 4.78 is 4.82. The minimum absolute atomic E-state index is 0.130. The standard InChI is InChI=1S/C14H7BrCl3NO4S/c1-6-4-10(20)23-9-5-7(2-3-8(6)9)24-14(18)12(19(21)22)11(16)13(15)17/h2-5H,1H3/b13-11-,14-12+. The van der Waals surface area contributed by atoms with Gasteiger partial charge in [-0.2, -0.15) is 0 Å². The maximum atomic E-state index is 11.5. The summed E-state index contributed by atoms with van der Waals surface area (Å²) in [6.07, 6.45) is 0. The highest BCUT2D eigenvalue weighted by molar-refractivity contribution is 9.12. The second kappa shape index (κ2) is 7.93. The first-order valence-corrected chi connectivity index (χ1v) is 8.92. The van der Waals surface area contributed by atoms with Crippen molar-refractivity contribution in [2.24, 2.45) is 0 Å². The van der Waals surface area contributed by atoms with E-state index >= 15 is 0 Å². The summed E-state index contributed by atoms with van der Waals surface area (Å²) in [6, 6.07) is 6.39. The second-order valence-electron chi connectivity index (χ2n) is 4.46. The molecule has 0 saturated heterocycles. The van der Waals surface area contributed by atoms with Gasteiger partial charge in [0.2, 0.25) is 0 Å². The molecule has 0 aliphatic heterocycles. The van der Waals surface area contributed by atoms with Crippen LogP contribution in [0.3, 0.4) is 0 Å². The number of aryl methyl sites for hydroxylation is 1. The third-order valence-corrected chi connectivity index (χ3v) is 5.42. The molecule has 0 N–H and O–H groups in total. The van der Waals surface area contributed by atoms with E-state index in [4.69, 9.17) is 39.2 Å². The van der Waals surface area contributed by atoms with Crippen molar-refractivity contribution in [1.29, 1.82) is 0 Å². The Morgan fingerprint density at radius 2 is 1.96 bits per heavy atom. The largest absolute Gasteiger partial charge is 0.423 e. The van der Waals surface area contributed by atoms with Gasteiger partial charge in [-0.25, -0.2) is 4.79 Å². The zero-order valence-corrected chi connectivity index (χ0v) is 16.5. The van der Waals surface area contributed by atoms with Crippen molar-refractivity contribution in [3.8, 4) is 0 Å². The minimum Gasteiger partial charge on any atom is -0.423 e. The number of hydrogen-bond acceptors (Lipinski definition) is 5. The van der Waals surface area contributed by atoms with Gasteiger partial charge in [-0.1, -0.05) is 46.6 Å². The van der Waals surface area contributed by atoms with E-state index in [1.54, 1.807) is 25.1 Å². The molecule has 2 aromatic rings. The molecule has 0 saturated carbocycles. The van der Waals surface area contributed by atoms with Crippen LogP contribution in [0.4, 0.5) is 0 Å². The first kappa shape index (κ1) is 19.3. The molecule has 0 amide bonds. The van der Waals surface area contributed by atoms with E-state index in [-0.39, 0.29) is 13.3 Å². The highest BCUT2D eigenvalue weighted by Crippen LogP contribution is 2.38. The SMILES string of the molecule is Cc1cc(=O)oc2cc(S/C(Cl)=C(\C(Cl)=C(\Cl)Br)[N+](=O)[O-])ccc12. The average molecular weight is 472 g/mol. The molecular weight excluding hydrogens is 464 g/mol. The predicted molar refractivity (Wildman–Crippen MR) is 101 cm³/mol. The lowest BCUT2D eigenvalue weighted by Crippen LogP contribution is -2.01. The maximum absolute atomic E-state index is 11.5. The third-order valence-electron chi connectivity index (χ3n) is 2.87. The molecule has 126 valence electrons. The van der Waals surface area contributed by atoms with Gasteiger partial charge in [0, 0.05) is 16.3 Å². The zero-order chi connectivity index (χ0) is 18.0. The van der Waals surface area contributed by atoms with Crippen LogP contribution in [-0.2, 0) is 0 Å². The monoisotopic (exact) mass is 469 g/mol. The molecule has 0 aliphatic rings. The van der Waals surface area contributed by atoms with Crippen LogP contribution in [0.1, 0.15) is 5.56 Å². The summed E-state index contributed by atoms with van der Waals surface area (Å²) >= 11 is 21.3. The van der Waals surface area contributed by atoms with Crippen molar-refractivity contribution >= 4 is 73.5 Å². The summed E-state index contributed by atoms with van der Waals surface area (Å²) in [5.41, 5.74) is 0.113. The molecule has 0 unspecified atom stereocenters. The van der Waals surface area contributed by atoms with Crippen molar-refractivity contribution < 1.29 is 9.34 Å². The van der Waals surface area contributed by atoms with Gasteiger partial charge in [0.25, 0.3) is 0 Å². The number of nitrogens with zero attached hydrogens (tertiary/aromatic N) is 1. The Balaban J connectivity index is 2.51. The second-order valence-corrected chi connectivity index (χ2v) is 8.15. The Morgan fingerprint density at radius 3 is 2.54 bits per heavy atom. The van der Waals surface area contributed by atoms with Gasteiger partial charge in [0.05, 0.1) is 4.92 Å². The van der Waals surface area contributed by atoms with E-state index < -0.39 is 16.2 Å². The number of nitro groups is 1. The van der Waals surface area contributed by atoms with E-state index in [0.717, 1.165) is 22.7 Å². The van der Waals surface area contributed by atoms with Crippen molar-refractivity contribution in [1.82, 2.24) is 0 Å². The van der Waals surface area contributed by atoms with Crippen molar-refractivity contribution in [3.05, 3.63) is 69.4 Å². The van der Waals surface area contributed by atoms with Crippen LogP contribution in [0.15, 0.2) is 57.4 Å².